The van der Waals surface area contributed by atoms with Gasteiger partial charge < -0.3 is 4.74 Å². The van der Waals surface area contributed by atoms with E-state index in [9.17, 15) is 4.39 Å². The molecule has 106 valence electrons. The largest absolute Gasteiger partial charge is 0.495 e. The van der Waals surface area contributed by atoms with Crippen molar-refractivity contribution in [3.05, 3.63) is 62.3 Å². The Bertz CT molecular complexity index is 649. The molecule has 0 aliphatic heterocycles. The smallest absolute Gasteiger partial charge is 0.142 e. The summed E-state index contributed by atoms with van der Waals surface area (Å²) >= 11 is 21.5. The van der Waals surface area contributed by atoms with Crippen LogP contribution in [-0.2, 0) is 0 Å². The van der Waals surface area contributed by atoms with E-state index in [1.165, 1.54) is 19.2 Å². The number of ether oxygens (including phenoxy) is 1. The second-order valence-corrected chi connectivity index (χ2v) is 6.18. The molecule has 0 bridgehead atoms. The average Bonchev–Trinajstić information content (AvgIpc) is 2.43. The standard InChI is InChI=1S/C14H9BrCl3FO/c1-20-13-6-10(17)8(5-11(13)18)14(15)7-2-3-9(16)12(19)4-7/h2-6,14H,1H3. The van der Waals surface area contributed by atoms with Crippen molar-refractivity contribution in [3.8, 4) is 5.75 Å². The summed E-state index contributed by atoms with van der Waals surface area (Å²) in [4.78, 5) is -0.301. The molecule has 2 rings (SSSR count). The summed E-state index contributed by atoms with van der Waals surface area (Å²) in [6.45, 7) is 0. The van der Waals surface area contributed by atoms with Gasteiger partial charge in [0.1, 0.15) is 11.6 Å². The van der Waals surface area contributed by atoms with E-state index in [0.29, 0.717) is 21.4 Å². The lowest BCUT2D eigenvalue weighted by Gasteiger charge is -2.15. The van der Waals surface area contributed by atoms with Crippen LogP contribution < -0.4 is 4.74 Å². The lowest BCUT2D eigenvalue weighted by molar-refractivity contribution is 0.415. The molecule has 0 aliphatic carbocycles. The Morgan fingerprint density at radius 2 is 1.75 bits per heavy atom. The molecule has 0 radical (unpaired) electrons. The van der Waals surface area contributed by atoms with Crippen LogP contribution >= 0.6 is 50.7 Å². The van der Waals surface area contributed by atoms with Crippen LogP contribution in [0.25, 0.3) is 0 Å². The van der Waals surface area contributed by atoms with Crippen LogP contribution in [0.2, 0.25) is 15.1 Å². The predicted octanol–water partition coefficient (Wildman–Crippen LogP) is 6.28. The summed E-state index contributed by atoms with van der Waals surface area (Å²) in [5.41, 5.74) is 1.41. The fraction of sp³-hybridized carbons (Fsp3) is 0.143. The predicted molar refractivity (Wildman–Crippen MR) is 85.2 cm³/mol. The first-order valence-corrected chi connectivity index (χ1v) is 7.61. The molecule has 0 aliphatic rings. The highest BCUT2D eigenvalue weighted by atomic mass is 79.9. The van der Waals surface area contributed by atoms with E-state index >= 15 is 0 Å². The van der Waals surface area contributed by atoms with E-state index in [0.717, 1.165) is 5.56 Å². The number of hydrogen-bond donors (Lipinski definition) is 0. The normalized spacial score (nSPS) is 12.3. The Morgan fingerprint density at radius 3 is 2.35 bits per heavy atom. The Morgan fingerprint density at radius 1 is 1.05 bits per heavy atom. The zero-order valence-corrected chi connectivity index (χ0v) is 14.1. The zero-order chi connectivity index (χ0) is 14.9. The second-order valence-electron chi connectivity index (χ2n) is 4.04. The first kappa shape index (κ1) is 15.9. The Labute approximate surface area is 139 Å². The van der Waals surface area contributed by atoms with Crippen molar-refractivity contribution < 1.29 is 9.13 Å². The molecule has 6 heteroatoms. The maximum Gasteiger partial charge on any atom is 0.142 e. The molecule has 2 aromatic carbocycles. The van der Waals surface area contributed by atoms with Gasteiger partial charge in [-0.2, -0.15) is 0 Å². The number of benzene rings is 2. The van der Waals surface area contributed by atoms with Gasteiger partial charge in [0.15, 0.2) is 0 Å². The highest BCUT2D eigenvalue weighted by Gasteiger charge is 2.18. The molecule has 1 nitrogen and oxygen atoms in total. The molecule has 2 aromatic rings. The van der Waals surface area contributed by atoms with Crippen molar-refractivity contribution in [1.29, 1.82) is 0 Å². The second kappa shape index (κ2) is 6.52. The summed E-state index contributed by atoms with van der Waals surface area (Å²) in [7, 11) is 1.51. The third-order valence-electron chi connectivity index (χ3n) is 2.78. The molecule has 0 spiro atoms. The Hall–Kier alpha value is -0.480. The van der Waals surface area contributed by atoms with Gasteiger partial charge >= 0.3 is 0 Å². The van der Waals surface area contributed by atoms with Crippen molar-refractivity contribution in [3.63, 3.8) is 0 Å². The van der Waals surface area contributed by atoms with Crippen LogP contribution in [0, 0.1) is 5.82 Å². The monoisotopic (exact) mass is 396 g/mol. The Kier molecular flexibility index (Phi) is 5.19. The number of rotatable bonds is 3. The lowest BCUT2D eigenvalue weighted by Crippen LogP contribution is -1.96. The number of hydrogen-bond acceptors (Lipinski definition) is 1. The molecular formula is C14H9BrCl3FO. The van der Waals surface area contributed by atoms with Gasteiger partial charge in [-0.1, -0.05) is 56.8 Å². The Balaban J connectivity index is 2.45. The molecule has 0 heterocycles. The zero-order valence-electron chi connectivity index (χ0n) is 10.3. The van der Waals surface area contributed by atoms with Crippen LogP contribution in [-0.4, -0.2) is 7.11 Å². The van der Waals surface area contributed by atoms with Crippen LogP contribution in [0.3, 0.4) is 0 Å². The van der Waals surface area contributed by atoms with Crippen molar-refractivity contribution >= 4 is 50.7 Å². The van der Waals surface area contributed by atoms with Crippen molar-refractivity contribution in [2.75, 3.05) is 7.11 Å². The van der Waals surface area contributed by atoms with Crippen LogP contribution in [0.15, 0.2) is 30.3 Å². The first-order valence-electron chi connectivity index (χ1n) is 5.56. The van der Waals surface area contributed by atoms with Gasteiger partial charge in [-0.15, -0.1) is 0 Å². The molecule has 0 aromatic heterocycles. The molecule has 0 N–H and O–H groups in total. The van der Waals surface area contributed by atoms with Crippen molar-refractivity contribution in [1.82, 2.24) is 0 Å². The summed E-state index contributed by atoms with van der Waals surface area (Å²) < 4.78 is 18.6. The van der Waals surface area contributed by atoms with E-state index in [2.05, 4.69) is 15.9 Å². The maximum atomic E-state index is 13.5. The van der Waals surface area contributed by atoms with Gasteiger partial charge in [-0.05, 0) is 29.3 Å². The third kappa shape index (κ3) is 3.22. The highest BCUT2D eigenvalue weighted by Crippen LogP contribution is 2.40. The highest BCUT2D eigenvalue weighted by molar-refractivity contribution is 9.09. The minimum absolute atomic E-state index is 0.0762. The fourth-order valence-corrected chi connectivity index (χ4v) is 3.17. The van der Waals surface area contributed by atoms with Gasteiger partial charge in [0.2, 0.25) is 0 Å². The van der Waals surface area contributed by atoms with Crippen molar-refractivity contribution in [2.24, 2.45) is 0 Å². The molecular weight excluding hydrogens is 389 g/mol. The number of halogens is 5. The molecule has 1 unspecified atom stereocenters. The number of methoxy groups -OCH3 is 1. The number of alkyl halides is 1. The minimum Gasteiger partial charge on any atom is -0.495 e. The first-order chi connectivity index (χ1) is 9.43. The third-order valence-corrected chi connectivity index (χ3v) is 4.73. The van der Waals surface area contributed by atoms with Crippen LogP contribution in [0.5, 0.6) is 5.75 Å². The topological polar surface area (TPSA) is 9.23 Å². The van der Waals surface area contributed by atoms with E-state index in [4.69, 9.17) is 39.5 Å². The van der Waals surface area contributed by atoms with Gasteiger partial charge in [-0.25, -0.2) is 4.39 Å². The fourth-order valence-electron chi connectivity index (χ4n) is 1.74. The van der Waals surface area contributed by atoms with Gasteiger partial charge in [0.25, 0.3) is 0 Å². The molecule has 1 atom stereocenters. The summed E-state index contributed by atoms with van der Waals surface area (Å²) in [5, 5.41) is 0.988. The molecule has 0 amide bonds. The lowest BCUT2D eigenvalue weighted by atomic mass is 10.0. The summed E-state index contributed by atoms with van der Waals surface area (Å²) in [5.74, 6) is 0.00625. The van der Waals surface area contributed by atoms with Crippen LogP contribution in [0.1, 0.15) is 16.0 Å². The van der Waals surface area contributed by atoms with Gasteiger partial charge in [-0.3, -0.25) is 0 Å². The van der Waals surface area contributed by atoms with Gasteiger partial charge in [0, 0.05) is 11.1 Å². The van der Waals surface area contributed by atoms with E-state index in [-0.39, 0.29) is 9.85 Å². The average molecular weight is 398 g/mol. The van der Waals surface area contributed by atoms with Crippen molar-refractivity contribution in [2.45, 2.75) is 4.83 Å². The molecule has 20 heavy (non-hydrogen) atoms. The van der Waals surface area contributed by atoms with E-state index in [1.807, 2.05) is 0 Å². The summed E-state index contributed by atoms with van der Waals surface area (Å²) in [6.07, 6.45) is 0. The van der Waals surface area contributed by atoms with Crippen LogP contribution in [0.4, 0.5) is 4.39 Å². The molecule has 0 saturated carbocycles. The van der Waals surface area contributed by atoms with E-state index in [1.54, 1.807) is 18.2 Å². The van der Waals surface area contributed by atoms with Gasteiger partial charge in [0.05, 0.1) is 22.0 Å². The SMILES string of the molecule is COc1cc(Cl)c(C(Br)c2ccc(Cl)c(F)c2)cc1Cl. The molecule has 0 saturated heterocycles. The van der Waals surface area contributed by atoms with E-state index < -0.39 is 5.82 Å². The molecule has 0 fully saturated rings. The minimum atomic E-state index is -0.482. The quantitative estimate of drug-likeness (QED) is 0.553. The maximum absolute atomic E-state index is 13.5. The summed E-state index contributed by atoms with van der Waals surface area (Å²) in [6, 6.07) is 7.89.